The lowest BCUT2D eigenvalue weighted by molar-refractivity contribution is 0.109. The van der Waals surface area contributed by atoms with Gasteiger partial charge in [0.25, 0.3) is 0 Å². The van der Waals surface area contributed by atoms with E-state index in [0.29, 0.717) is 11.0 Å². The molecule has 1 unspecified atom stereocenters. The second-order valence-corrected chi connectivity index (χ2v) is 5.80. The molecule has 0 aromatic carbocycles. The molecular formula is C13H26N2. The fourth-order valence-corrected chi connectivity index (χ4v) is 3.24. The molecule has 1 spiro atoms. The summed E-state index contributed by atoms with van der Waals surface area (Å²) in [7, 11) is 0. The summed E-state index contributed by atoms with van der Waals surface area (Å²) in [4.78, 5) is 2.75. The first kappa shape index (κ1) is 11.4. The SMILES string of the molecule is CCC(C)(CC)N1CCC2(CCNC2)C1. The highest BCUT2D eigenvalue weighted by Gasteiger charge is 2.44. The maximum absolute atomic E-state index is 3.54. The zero-order chi connectivity index (χ0) is 10.9. The van der Waals surface area contributed by atoms with Gasteiger partial charge in [0.05, 0.1) is 0 Å². The summed E-state index contributed by atoms with van der Waals surface area (Å²) in [6.07, 6.45) is 5.38. The lowest BCUT2D eigenvalue weighted by atomic mass is 9.86. The van der Waals surface area contributed by atoms with E-state index in [0.717, 1.165) is 0 Å². The predicted octanol–water partition coefficient (Wildman–Crippen LogP) is 2.25. The molecule has 88 valence electrons. The van der Waals surface area contributed by atoms with Gasteiger partial charge in [0.15, 0.2) is 0 Å². The highest BCUT2D eigenvalue weighted by atomic mass is 15.2. The van der Waals surface area contributed by atoms with E-state index < -0.39 is 0 Å². The van der Waals surface area contributed by atoms with Gasteiger partial charge >= 0.3 is 0 Å². The van der Waals surface area contributed by atoms with E-state index in [4.69, 9.17) is 0 Å². The van der Waals surface area contributed by atoms with Crippen molar-refractivity contribution in [2.75, 3.05) is 26.2 Å². The zero-order valence-electron chi connectivity index (χ0n) is 10.6. The molecule has 15 heavy (non-hydrogen) atoms. The van der Waals surface area contributed by atoms with Gasteiger partial charge in [-0.05, 0) is 51.1 Å². The van der Waals surface area contributed by atoms with Crippen molar-refractivity contribution in [2.45, 2.75) is 52.0 Å². The molecule has 2 aliphatic rings. The molecule has 2 nitrogen and oxygen atoms in total. The molecule has 2 heteroatoms. The van der Waals surface area contributed by atoms with E-state index >= 15 is 0 Å². The first-order valence-corrected chi connectivity index (χ1v) is 6.60. The Bertz CT molecular complexity index is 215. The molecule has 0 aromatic rings. The van der Waals surface area contributed by atoms with Crippen LogP contribution in [-0.2, 0) is 0 Å². The normalized spacial score (nSPS) is 33.0. The fraction of sp³-hybridized carbons (Fsp3) is 1.00. The number of likely N-dealkylation sites (tertiary alicyclic amines) is 1. The summed E-state index contributed by atoms with van der Waals surface area (Å²) in [6.45, 7) is 12.3. The smallest absolute Gasteiger partial charge is 0.0176 e. The number of rotatable bonds is 3. The molecule has 0 saturated carbocycles. The molecule has 0 bridgehead atoms. The number of hydrogen-bond donors (Lipinski definition) is 1. The highest BCUT2D eigenvalue weighted by molar-refractivity contribution is 5.00. The molecular weight excluding hydrogens is 184 g/mol. The average molecular weight is 210 g/mol. The van der Waals surface area contributed by atoms with Crippen molar-refractivity contribution >= 4 is 0 Å². The van der Waals surface area contributed by atoms with Crippen LogP contribution in [0.15, 0.2) is 0 Å². The second-order valence-electron chi connectivity index (χ2n) is 5.80. The molecule has 0 aromatic heterocycles. The Morgan fingerprint density at radius 2 is 2.00 bits per heavy atom. The van der Waals surface area contributed by atoms with Crippen LogP contribution in [0.3, 0.4) is 0 Å². The summed E-state index contributed by atoms with van der Waals surface area (Å²) < 4.78 is 0. The van der Waals surface area contributed by atoms with E-state index in [9.17, 15) is 0 Å². The first-order valence-electron chi connectivity index (χ1n) is 6.60. The van der Waals surface area contributed by atoms with Crippen molar-refractivity contribution in [3.63, 3.8) is 0 Å². The molecule has 0 amide bonds. The van der Waals surface area contributed by atoms with Gasteiger partial charge in [-0.15, -0.1) is 0 Å². The molecule has 0 radical (unpaired) electrons. The Labute approximate surface area is 94.4 Å². The van der Waals surface area contributed by atoms with Crippen LogP contribution in [0.25, 0.3) is 0 Å². The van der Waals surface area contributed by atoms with Crippen molar-refractivity contribution in [3.05, 3.63) is 0 Å². The molecule has 2 fully saturated rings. The van der Waals surface area contributed by atoms with Crippen molar-refractivity contribution in [1.82, 2.24) is 10.2 Å². The first-order chi connectivity index (χ1) is 7.14. The summed E-state index contributed by atoms with van der Waals surface area (Å²) in [6, 6.07) is 0. The minimum Gasteiger partial charge on any atom is -0.316 e. The molecule has 2 heterocycles. The molecule has 2 saturated heterocycles. The van der Waals surface area contributed by atoms with Gasteiger partial charge in [-0.3, -0.25) is 4.90 Å². The van der Waals surface area contributed by atoms with Crippen LogP contribution in [0.2, 0.25) is 0 Å². The van der Waals surface area contributed by atoms with Crippen LogP contribution in [0.1, 0.15) is 46.5 Å². The maximum atomic E-state index is 3.54. The van der Waals surface area contributed by atoms with Crippen LogP contribution in [0, 0.1) is 5.41 Å². The van der Waals surface area contributed by atoms with Crippen molar-refractivity contribution in [1.29, 1.82) is 0 Å². The van der Waals surface area contributed by atoms with Crippen LogP contribution < -0.4 is 5.32 Å². The highest BCUT2D eigenvalue weighted by Crippen LogP contribution is 2.40. The Morgan fingerprint density at radius 1 is 1.27 bits per heavy atom. The van der Waals surface area contributed by atoms with Gasteiger partial charge in [-0.1, -0.05) is 13.8 Å². The molecule has 2 aliphatic heterocycles. The Morgan fingerprint density at radius 3 is 2.53 bits per heavy atom. The number of hydrogen-bond acceptors (Lipinski definition) is 2. The van der Waals surface area contributed by atoms with Gasteiger partial charge in [0, 0.05) is 18.6 Å². The van der Waals surface area contributed by atoms with Crippen molar-refractivity contribution in [2.24, 2.45) is 5.41 Å². The number of nitrogens with zero attached hydrogens (tertiary/aromatic N) is 1. The van der Waals surface area contributed by atoms with E-state index in [2.05, 4.69) is 31.0 Å². The zero-order valence-corrected chi connectivity index (χ0v) is 10.6. The molecule has 1 N–H and O–H groups in total. The van der Waals surface area contributed by atoms with Crippen LogP contribution in [0.5, 0.6) is 0 Å². The second kappa shape index (κ2) is 4.06. The third-order valence-electron chi connectivity index (χ3n) is 5.06. The van der Waals surface area contributed by atoms with E-state index in [-0.39, 0.29) is 0 Å². The minimum absolute atomic E-state index is 0.450. The van der Waals surface area contributed by atoms with Crippen molar-refractivity contribution < 1.29 is 0 Å². The van der Waals surface area contributed by atoms with Gasteiger partial charge < -0.3 is 5.32 Å². The third kappa shape index (κ3) is 1.94. The maximum Gasteiger partial charge on any atom is 0.0176 e. The Balaban J connectivity index is 2.02. The van der Waals surface area contributed by atoms with Crippen molar-refractivity contribution in [3.8, 4) is 0 Å². The molecule has 1 atom stereocenters. The average Bonchev–Trinajstić information content (AvgIpc) is 2.89. The van der Waals surface area contributed by atoms with Gasteiger partial charge in [0.2, 0.25) is 0 Å². The standard InChI is InChI=1S/C13H26N2/c1-4-12(3,5-2)15-9-7-13(11-15)6-8-14-10-13/h14H,4-11H2,1-3H3. The minimum atomic E-state index is 0.450. The summed E-state index contributed by atoms with van der Waals surface area (Å²) in [5.41, 5.74) is 1.08. The summed E-state index contributed by atoms with van der Waals surface area (Å²) in [5.74, 6) is 0. The fourth-order valence-electron chi connectivity index (χ4n) is 3.24. The monoisotopic (exact) mass is 210 g/mol. The lowest BCUT2D eigenvalue weighted by Crippen LogP contribution is -2.45. The van der Waals surface area contributed by atoms with Crippen LogP contribution in [-0.4, -0.2) is 36.6 Å². The van der Waals surface area contributed by atoms with Crippen LogP contribution >= 0.6 is 0 Å². The largest absolute Gasteiger partial charge is 0.316 e. The Hall–Kier alpha value is -0.0800. The third-order valence-corrected chi connectivity index (χ3v) is 5.06. The summed E-state index contributed by atoms with van der Waals surface area (Å²) >= 11 is 0. The molecule has 2 rings (SSSR count). The van der Waals surface area contributed by atoms with Crippen LogP contribution in [0.4, 0.5) is 0 Å². The quantitative estimate of drug-likeness (QED) is 0.768. The summed E-state index contributed by atoms with van der Waals surface area (Å²) in [5, 5.41) is 3.54. The van der Waals surface area contributed by atoms with Gasteiger partial charge in [-0.2, -0.15) is 0 Å². The van der Waals surface area contributed by atoms with Gasteiger partial charge in [-0.25, -0.2) is 0 Å². The van der Waals surface area contributed by atoms with E-state index in [1.165, 1.54) is 51.9 Å². The van der Waals surface area contributed by atoms with Gasteiger partial charge in [0.1, 0.15) is 0 Å². The Kier molecular flexibility index (Phi) is 3.09. The number of nitrogens with one attached hydrogen (secondary N) is 1. The topological polar surface area (TPSA) is 15.3 Å². The lowest BCUT2D eigenvalue weighted by Gasteiger charge is -2.38. The van der Waals surface area contributed by atoms with E-state index in [1.54, 1.807) is 0 Å². The molecule has 0 aliphatic carbocycles. The predicted molar refractivity (Wildman–Crippen MR) is 65.1 cm³/mol. The van der Waals surface area contributed by atoms with E-state index in [1.807, 2.05) is 0 Å².